The fraction of sp³-hybridized carbons (Fsp3) is 0.231. The minimum absolute atomic E-state index is 0.483. The van der Waals surface area contributed by atoms with E-state index in [1.165, 1.54) is 0 Å². The number of rotatable bonds is 5. The minimum atomic E-state index is 0.483. The van der Waals surface area contributed by atoms with Crippen LogP contribution in [0.3, 0.4) is 0 Å². The molecule has 0 aromatic heterocycles. The number of benzene rings is 1. The van der Waals surface area contributed by atoms with Crippen LogP contribution >= 0.6 is 12.2 Å². The van der Waals surface area contributed by atoms with Crippen LogP contribution < -0.4 is 10.7 Å². The summed E-state index contributed by atoms with van der Waals surface area (Å²) in [6.45, 7) is 2.14. The van der Waals surface area contributed by atoms with E-state index in [4.69, 9.17) is 12.2 Å². The van der Waals surface area contributed by atoms with Crippen LogP contribution in [0.25, 0.3) is 0 Å². The zero-order valence-corrected chi connectivity index (χ0v) is 10.7. The highest BCUT2D eigenvalue weighted by atomic mass is 32.1. The highest BCUT2D eigenvalue weighted by molar-refractivity contribution is 7.80. The molecule has 0 bridgehead atoms. The number of allylic oxidation sites excluding steroid dienone is 2. The van der Waals surface area contributed by atoms with E-state index in [1.54, 1.807) is 6.21 Å². The van der Waals surface area contributed by atoms with Crippen LogP contribution in [0.4, 0.5) is 5.69 Å². The third kappa shape index (κ3) is 6.48. The van der Waals surface area contributed by atoms with Crippen molar-refractivity contribution in [2.45, 2.75) is 19.8 Å². The molecule has 0 aliphatic carbocycles. The van der Waals surface area contributed by atoms with E-state index in [1.807, 2.05) is 36.4 Å². The van der Waals surface area contributed by atoms with E-state index in [9.17, 15) is 0 Å². The summed E-state index contributed by atoms with van der Waals surface area (Å²) in [5.41, 5.74) is 3.69. The average Bonchev–Trinajstić information content (AvgIpc) is 2.35. The molecule has 0 spiro atoms. The second-order valence-corrected chi connectivity index (χ2v) is 3.84. The first-order valence-corrected chi connectivity index (χ1v) is 6.04. The molecule has 1 rings (SSSR count). The summed E-state index contributed by atoms with van der Waals surface area (Å²) in [6, 6.07) is 9.74. The number of hydrazone groups is 1. The van der Waals surface area contributed by atoms with E-state index in [-0.39, 0.29) is 0 Å². The van der Waals surface area contributed by atoms with E-state index >= 15 is 0 Å². The van der Waals surface area contributed by atoms with Crippen molar-refractivity contribution in [2.24, 2.45) is 5.10 Å². The van der Waals surface area contributed by atoms with E-state index < -0.39 is 0 Å². The molecule has 0 saturated carbocycles. The molecule has 0 heterocycles. The van der Waals surface area contributed by atoms with Gasteiger partial charge < -0.3 is 5.32 Å². The number of nitrogens with one attached hydrogen (secondary N) is 2. The van der Waals surface area contributed by atoms with Gasteiger partial charge in [0.2, 0.25) is 0 Å². The first kappa shape index (κ1) is 13.4. The summed E-state index contributed by atoms with van der Waals surface area (Å²) >= 11 is 5.08. The maximum Gasteiger partial charge on any atom is 0.191 e. The van der Waals surface area contributed by atoms with Crippen LogP contribution in [0.2, 0.25) is 0 Å². The van der Waals surface area contributed by atoms with Gasteiger partial charge in [0, 0.05) is 11.9 Å². The van der Waals surface area contributed by atoms with Crippen LogP contribution in [0.1, 0.15) is 19.8 Å². The van der Waals surface area contributed by atoms with Gasteiger partial charge in [0.05, 0.1) is 0 Å². The second kappa shape index (κ2) is 8.47. The molecular formula is C13H17N3S. The first-order chi connectivity index (χ1) is 8.33. The number of hydrogen-bond donors (Lipinski definition) is 2. The van der Waals surface area contributed by atoms with Gasteiger partial charge >= 0.3 is 0 Å². The van der Waals surface area contributed by atoms with Gasteiger partial charge in [-0.05, 0) is 36.8 Å². The predicted octanol–water partition coefficient (Wildman–Crippen LogP) is 3.32. The van der Waals surface area contributed by atoms with E-state index in [2.05, 4.69) is 28.8 Å². The van der Waals surface area contributed by atoms with Gasteiger partial charge in [-0.1, -0.05) is 37.6 Å². The number of hydrogen-bond acceptors (Lipinski definition) is 2. The Hall–Kier alpha value is -1.68. The van der Waals surface area contributed by atoms with Crippen LogP contribution in [0.15, 0.2) is 47.6 Å². The first-order valence-electron chi connectivity index (χ1n) is 5.63. The Morgan fingerprint density at radius 1 is 1.35 bits per heavy atom. The molecule has 1 aromatic carbocycles. The van der Waals surface area contributed by atoms with Crippen LogP contribution in [-0.4, -0.2) is 11.3 Å². The summed E-state index contributed by atoms with van der Waals surface area (Å²) in [5.74, 6) is 0. The monoisotopic (exact) mass is 247 g/mol. The van der Waals surface area contributed by atoms with Crippen LogP contribution in [-0.2, 0) is 0 Å². The number of para-hydroxylation sites is 1. The highest BCUT2D eigenvalue weighted by Gasteiger charge is 1.92. The smallest absolute Gasteiger partial charge is 0.191 e. The summed E-state index contributed by atoms with van der Waals surface area (Å²) in [6.07, 6.45) is 7.87. The quantitative estimate of drug-likeness (QED) is 0.476. The minimum Gasteiger partial charge on any atom is -0.331 e. The van der Waals surface area contributed by atoms with Gasteiger partial charge in [-0.15, -0.1) is 0 Å². The predicted molar refractivity (Wildman–Crippen MR) is 78.3 cm³/mol. The number of thiocarbonyl (C=S) groups is 1. The lowest BCUT2D eigenvalue weighted by Crippen LogP contribution is -2.23. The van der Waals surface area contributed by atoms with Crippen molar-refractivity contribution in [1.29, 1.82) is 0 Å². The Morgan fingerprint density at radius 2 is 2.12 bits per heavy atom. The molecule has 17 heavy (non-hydrogen) atoms. The molecule has 0 aliphatic rings. The highest BCUT2D eigenvalue weighted by Crippen LogP contribution is 2.03. The van der Waals surface area contributed by atoms with Gasteiger partial charge in [0.25, 0.3) is 0 Å². The Bertz CT molecular complexity index is 385. The summed E-state index contributed by atoms with van der Waals surface area (Å²) in [4.78, 5) is 0. The van der Waals surface area contributed by atoms with Crippen molar-refractivity contribution in [1.82, 2.24) is 5.43 Å². The lowest BCUT2D eigenvalue weighted by Gasteiger charge is -2.05. The molecule has 1 aromatic rings. The van der Waals surface area contributed by atoms with Crippen molar-refractivity contribution in [3.63, 3.8) is 0 Å². The topological polar surface area (TPSA) is 36.4 Å². The normalized spacial score (nSPS) is 10.9. The SMILES string of the molecule is CCC/C=C/C=N/NC(=S)Nc1ccccc1. The van der Waals surface area contributed by atoms with Crippen molar-refractivity contribution < 1.29 is 0 Å². The maximum atomic E-state index is 5.08. The van der Waals surface area contributed by atoms with Gasteiger partial charge in [-0.25, -0.2) is 0 Å². The van der Waals surface area contributed by atoms with Gasteiger partial charge in [0.15, 0.2) is 5.11 Å². The summed E-state index contributed by atoms with van der Waals surface area (Å²) < 4.78 is 0. The molecule has 0 fully saturated rings. The molecule has 2 N–H and O–H groups in total. The molecule has 90 valence electrons. The molecule has 0 radical (unpaired) electrons. The summed E-state index contributed by atoms with van der Waals surface area (Å²) in [7, 11) is 0. The third-order valence-electron chi connectivity index (χ3n) is 1.95. The Balaban J connectivity index is 2.26. The third-order valence-corrected chi connectivity index (χ3v) is 2.14. The lowest BCUT2D eigenvalue weighted by molar-refractivity contribution is 0.959. The standard InChI is InChI=1S/C13H17N3S/c1-2-3-4-8-11-14-16-13(17)15-12-9-6-5-7-10-12/h4-11H,2-3H2,1H3,(H2,15,16,17)/b8-4+,14-11+. The number of anilines is 1. The van der Waals surface area contributed by atoms with Crippen LogP contribution in [0.5, 0.6) is 0 Å². The molecule has 0 aliphatic heterocycles. The zero-order chi connectivity index (χ0) is 12.3. The summed E-state index contributed by atoms with van der Waals surface area (Å²) in [5, 5.41) is 7.48. The zero-order valence-electron chi connectivity index (χ0n) is 9.89. The second-order valence-electron chi connectivity index (χ2n) is 3.43. The number of nitrogens with zero attached hydrogens (tertiary/aromatic N) is 1. The van der Waals surface area contributed by atoms with E-state index in [0.29, 0.717) is 5.11 Å². The van der Waals surface area contributed by atoms with Crippen molar-refractivity contribution >= 4 is 29.2 Å². The van der Waals surface area contributed by atoms with Crippen molar-refractivity contribution in [3.8, 4) is 0 Å². The molecular weight excluding hydrogens is 230 g/mol. The molecule has 3 nitrogen and oxygen atoms in total. The number of unbranched alkanes of at least 4 members (excludes halogenated alkanes) is 1. The fourth-order valence-electron chi connectivity index (χ4n) is 1.14. The average molecular weight is 247 g/mol. The fourth-order valence-corrected chi connectivity index (χ4v) is 1.31. The van der Waals surface area contributed by atoms with Crippen LogP contribution in [0, 0.1) is 0 Å². The molecule has 0 amide bonds. The van der Waals surface area contributed by atoms with Gasteiger partial charge in [0.1, 0.15) is 0 Å². The Morgan fingerprint density at radius 3 is 2.82 bits per heavy atom. The Kier molecular flexibility index (Phi) is 6.67. The molecule has 0 atom stereocenters. The van der Waals surface area contributed by atoms with Crippen molar-refractivity contribution in [3.05, 3.63) is 42.5 Å². The Labute approximate surface area is 108 Å². The van der Waals surface area contributed by atoms with Gasteiger partial charge in [-0.2, -0.15) is 5.10 Å². The maximum absolute atomic E-state index is 5.08. The van der Waals surface area contributed by atoms with E-state index in [0.717, 1.165) is 18.5 Å². The largest absolute Gasteiger partial charge is 0.331 e. The molecule has 0 unspecified atom stereocenters. The molecule has 0 saturated heterocycles. The lowest BCUT2D eigenvalue weighted by atomic mass is 10.3. The van der Waals surface area contributed by atoms with Gasteiger partial charge in [-0.3, -0.25) is 5.43 Å². The molecule has 4 heteroatoms. The van der Waals surface area contributed by atoms with Crippen molar-refractivity contribution in [2.75, 3.05) is 5.32 Å².